The van der Waals surface area contributed by atoms with E-state index >= 15 is 0 Å². The minimum Gasteiger partial charge on any atom is -0.491 e. The van der Waals surface area contributed by atoms with Crippen LogP contribution >= 0.6 is 11.6 Å². The van der Waals surface area contributed by atoms with Crippen molar-refractivity contribution in [2.24, 2.45) is 0 Å². The minimum absolute atomic E-state index is 0.261. The molecule has 1 saturated heterocycles. The van der Waals surface area contributed by atoms with Crippen LogP contribution in [0.3, 0.4) is 0 Å². The monoisotopic (exact) mass is 386 g/mol. The molecule has 0 spiro atoms. The van der Waals surface area contributed by atoms with E-state index < -0.39 is 6.10 Å². The second kappa shape index (κ2) is 8.25. The van der Waals surface area contributed by atoms with Crippen LogP contribution in [0.4, 0.5) is 0 Å². The largest absolute Gasteiger partial charge is 0.491 e. The van der Waals surface area contributed by atoms with Gasteiger partial charge in [0, 0.05) is 30.2 Å². The first kappa shape index (κ1) is 18.2. The molecule has 1 N–H and O–H groups in total. The van der Waals surface area contributed by atoms with Crippen molar-refractivity contribution in [1.29, 1.82) is 0 Å². The maximum atomic E-state index is 10.4. The van der Waals surface area contributed by atoms with Crippen molar-refractivity contribution in [2.75, 3.05) is 26.2 Å². The minimum atomic E-state index is -0.547. The van der Waals surface area contributed by atoms with E-state index in [0.717, 1.165) is 37.4 Å². The van der Waals surface area contributed by atoms with Crippen LogP contribution in [0.1, 0.15) is 24.6 Å². The molecule has 0 amide bonds. The summed E-state index contributed by atoms with van der Waals surface area (Å²) in [6, 6.07) is 13.1. The topological polar surface area (TPSA) is 62.9 Å². The Morgan fingerprint density at radius 3 is 2.89 bits per heavy atom. The second-order valence-electron chi connectivity index (χ2n) is 7.00. The van der Waals surface area contributed by atoms with E-state index in [2.05, 4.69) is 19.5 Å². The average molecular weight is 387 g/mol. The Morgan fingerprint density at radius 1 is 1.19 bits per heavy atom. The summed E-state index contributed by atoms with van der Waals surface area (Å²) < 4.78 is 7.72. The molecule has 1 aliphatic heterocycles. The van der Waals surface area contributed by atoms with E-state index in [1.165, 1.54) is 0 Å². The van der Waals surface area contributed by atoms with Crippen molar-refractivity contribution in [3.8, 4) is 5.75 Å². The number of pyridine rings is 1. The van der Waals surface area contributed by atoms with Gasteiger partial charge >= 0.3 is 0 Å². The number of rotatable bonds is 6. The zero-order valence-corrected chi connectivity index (χ0v) is 15.8. The highest BCUT2D eigenvalue weighted by molar-refractivity contribution is 6.30. The van der Waals surface area contributed by atoms with Gasteiger partial charge in [0.2, 0.25) is 0 Å². The highest BCUT2D eigenvalue weighted by atomic mass is 35.5. The van der Waals surface area contributed by atoms with Crippen LogP contribution in [0.5, 0.6) is 5.75 Å². The summed E-state index contributed by atoms with van der Waals surface area (Å²) in [6.07, 6.45) is 3.63. The fraction of sp³-hybridized carbons (Fsp3) is 0.400. The van der Waals surface area contributed by atoms with Crippen LogP contribution in [-0.2, 0) is 0 Å². The molecule has 1 fully saturated rings. The van der Waals surface area contributed by atoms with Gasteiger partial charge in [0.1, 0.15) is 24.3 Å². The maximum absolute atomic E-state index is 10.4. The van der Waals surface area contributed by atoms with Crippen molar-refractivity contribution in [2.45, 2.75) is 24.9 Å². The summed E-state index contributed by atoms with van der Waals surface area (Å²) in [5.41, 5.74) is 0.876. The molecule has 1 aromatic carbocycles. The third-order valence-corrected chi connectivity index (χ3v) is 5.19. The average Bonchev–Trinajstić information content (AvgIpc) is 3.12. The Bertz CT molecular complexity index is 883. The van der Waals surface area contributed by atoms with Crippen LogP contribution in [0.25, 0.3) is 5.65 Å². The standard InChI is InChI=1S/C20H23ClN4O2/c21-16-6-8-18(9-7-16)27-14-17(26)13-24-10-3-4-15(12-24)20-23-22-19-5-1-2-11-25(19)20/h1-2,5-9,11,15,17,26H,3-4,10,12-14H2/t15-,17+/m1/s1. The van der Waals surface area contributed by atoms with Crippen LogP contribution in [0, 0.1) is 0 Å². The Labute approximate surface area is 163 Å². The summed E-state index contributed by atoms with van der Waals surface area (Å²) in [5.74, 6) is 2.03. The normalized spacial score (nSPS) is 19.3. The Balaban J connectivity index is 1.33. The molecule has 6 nitrogen and oxygen atoms in total. The lowest BCUT2D eigenvalue weighted by Crippen LogP contribution is -2.41. The van der Waals surface area contributed by atoms with Crippen molar-refractivity contribution in [1.82, 2.24) is 19.5 Å². The first-order valence-corrected chi connectivity index (χ1v) is 9.65. The third kappa shape index (κ3) is 4.40. The van der Waals surface area contributed by atoms with E-state index in [0.29, 0.717) is 23.2 Å². The number of benzene rings is 1. The third-order valence-electron chi connectivity index (χ3n) is 4.94. The number of halogens is 1. The molecular weight excluding hydrogens is 364 g/mol. The van der Waals surface area contributed by atoms with Crippen molar-refractivity contribution >= 4 is 17.2 Å². The van der Waals surface area contributed by atoms with E-state index in [4.69, 9.17) is 16.3 Å². The summed E-state index contributed by atoms with van der Waals surface area (Å²) >= 11 is 5.87. The van der Waals surface area contributed by atoms with Gasteiger partial charge in [0.05, 0.1) is 0 Å². The molecule has 2 atom stereocenters. The van der Waals surface area contributed by atoms with E-state index in [-0.39, 0.29) is 6.61 Å². The molecule has 2 aromatic heterocycles. The smallest absolute Gasteiger partial charge is 0.160 e. The SMILES string of the molecule is O[C@H](COc1ccc(Cl)cc1)CN1CCC[C@@H](c2nnc3ccccn23)C1. The van der Waals surface area contributed by atoms with E-state index in [9.17, 15) is 5.11 Å². The van der Waals surface area contributed by atoms with E-state index in [1.54, 1.807) is 12.1 Å². The Hall–Kier alpha value is -2.15. The van der Waals surface area contributed by atoms with Gasteiger partial charge in [-0.05, 0) is 55.8 Å². The lowest BCUT2D eigenvalue weighted by atomic mass is 9.97. The van der Waals surface area contributed by atoms with Gasteiger partial charge in [-0.2, -0.15) is 0 Å². The molecule has 0 radical (unpaired) electrons. The molecule has 3 aromatic rings. The molecule has 4 rings (SSSR count). The highest BCUT2D eigenvalue weighted by Gasteiger charge is 2.26. The van der Waals surface area contributed by atoms with Gasteiger partial charge in [-0.1, -0.05) is 17.7 Å². The van der Waals surface area contributed by atoms with Gasteiger partial charge in [-0.15, -0.1) is 10.2 Å². The van der Waals surface area contributed by atoms with Crippen LogP contribution in [0.15, 0.2) is 48.7 Å². The molecule has 142 valence electrons. The van der Waals surface area contributed by atoms with Crippen molar-refractivity contribution in [3.05, 3.63) is 59.5 Å². The Kier molecular flexibility index (Phi) is 5.57. The molecule has 27 heavy (non-hydrogen) atoms. The zero-order chi connectivity index (χ0) is 18.6. The van der Waals surface area contributed by atoms with Gasteiger partial charge in [-0.3, -0.25) is 9.30 Å². The van der Waals surface area contributed by atoms with Crippen LogP contribution < -0.4 is 4.74 Å². The van der Waals surface area contributed by atoms with Crippen LogP contribution in [0.2, 0.25) is 5.02 Å². The lowest BCUT2D eigenvalue weighted by molar-refractivity contribution is 0.0577. The Morgan fingerprint density at radius 2 is 2.04 bits per heavy atom. The summed E-state index contributed by atoms with van der Waals surface area (Å²) in [5, 5.41) is 19.7. The van der Waals surface area contributed by atoms with Gasteiger partial charge in [0.25, 0.3) is 0 Å². The number of aromatic nitrogens is 3. The molecule has 7 heteroatoms. The summed E-state index contributed by atoms with van der Waals surface area (Å²) in [7, 11) is 0. The fourth-order valence-electron chi connectivity index (χ4n) is 3.64. The predicted molar refractivity (Wildman–Crippen MR) is 104 cm³/mol. The quantitative estimate of drug-likeness (QED) is 0.705. The first-order valence-electron chi connectivity index (χ1n) is 9.27. The molecule has 3 heterocycles. The number of piperidine rings is 1. The highest BCUT2D eigenvalue weighted by Crippen LogP contribution is 2.26. The number of fused-ring (bicyclic) bond motifs is 1. The second-order valence-corrected chi connectivity index (χ2v) is 7.44. The molecule has 0 unspecified atom stereocenters. The number of nitrogens with zero attached hydrogens (tertiary/aromatic N) is 4. The van der Waals surface area contributed by atoms with Crippen molar-refractivity contribution in [3.63, 3.8) is 0 Å². The number of aliphatic hydroxyl groups excluding tert-OH is 1. The first-order chi connectivity index (χ1) is 13.2. The number of aliphatic hydroxyl groups is 1. The number of β-amino-alcohol motifs (C(OH)–C–C–N with tert-alkyl or cyclic N) is 1. The predicted octanol–water partition coefficient (Wildman–Crippen LogP) is 3.00. The van der Waals surface area contributed by atoms with Gasteiger partial charge < -0.3 is 9.84 Å². The summed E-state index contributed by atoms with van der Waals surface area (Å²) in [4.78, 5) is 2.29. The maximum Gasteiger partial charge on any atom is 0.160 e. The van der Waals surface area contributed by atoms with Crippen molar-refractivity contribution < 1.29 is 9.84 Å². The molecule has 0 bridgehead atoms. The molecule has 0 saturated carbocycles. The zero-order valence-electron chi connectivity index (χ0n) is 15.0. The molecule has 0 aliphatic carbocycles. The lowest BCUT2D eigenvalue weighted by Gasteiger charge is -2.33. The fourth-order valence-corrected chi connectivity index (χ4v) is 3.77. The van der Waals surface area contributed by atoms with Gasteiger partial charge in [-0.25, -0.2) is 0 Å². The van der Waals surface area contributed by atoms with Crippen LogP contribution in [-0.4, -0.2) is 56.9 Å². The number of likely N-dealkylation sites (tertiary alicyclic amines) is 1. The molecular formula is C20H23ClN4O2. The van der Waals surface area contributed by atoms with E-state index in [1.807, 2.05) is 36.5 Å². The number of ether oxygens (including phenoxy) is 1. The van der Waals surface area contributed by atoms with Gasteiger partial charge in [0.15, 0.2) is 5.65 Å². The summed E-state index contributed by atoms with van der Waals surface area (Å²) in [6.45, 7) is 2.69. The molecule has 1 aliphatic rings. The number of hydrogen-bond donors (Lipinski definition) is 1. The number of hydrogen-bond acceptors (Lipinski definition) is 5.